The molecule has 1 unspecified atom stereocenters. The Hall–Kier alpha value is -0.610. The van der Waals surface area contributed by atoms with Crippen LogP contribution in [0.15, 0.2) is 0 Å². The van der Waals surface area contributed by atoms with E-state index in [9.17, 15) is 0 Å². The third-order valence-electron chi connectivity index (χ3n) is 3.32. The summed E-state index contributed by atoms with van der Waals surface area (Å²) in [7, 11) is 0. The second kappa shape index (κ2) is 4.34. The zero-order valence-corrected chi connectivity index (χ0v) is 10.6. The van der Waals surface area contributed by atoms with E-state index in [2.05, 4.69) is 11.8 Å². The van der Waals surface area contributed by atoms with Crippen LogP contribution in [0.25, 0.3) is 0 Å². The summed E-state index contributed by atoms with van der Waals surface area (Å²) >= 11 is 1.87. The normalized spacial score (nSPS) is 24.8. The predicted molar refractivity (Wildman–Crippen MR) is 66.4 cm³/mol. The molecular weight excluding hydrogens is 220 g/mol. The van der Waals surface area contributed by atoms with Gasteiger partial charge >= 0.3 is 0 Å². The first-order valence-electron chi connectivity index (χ1n) is 6.16. The molecule has 0 aromatic carbocycles. The molecule has 0 saturated carbocycles. The summed E-state index contributed by atoms with van der Waals surface area (Å²) in [5, 5.41) is 1.23. The Kier molecular flexibility index (Phi) is 2.86. The molecule has 2 aliphatic heterocycles. The third kappa shape index (κ3) is 2.23. The van der Waals surface area contributed by atoms with Crippen molar-refractivity contribution in [2.24, 2.45) is 0 Å². The van der Waals surface area contributed by atoms with Gasteiger partial charge in [-0.3, -0.25) is 0 Å². The SMILES string of the molecule is Cc1nc(N2CCCCC2)sc1CC1CO1. The van der Waals surface area contributed by atoms with Crippen LogP contribution < -0.4 is 4.90 Å². The average molecular weight is 238 g/mol. The minimum absolute atomic E-state index is 0.480. The zero-order valence-electron chi connectivity index (χ0n) is 9.74. The number of hydrogen-bond donors (Lipinski definition) is 0. The Morgan fingerprint density at radius 3 is 2.81 bits per heavy atom. The van der Waals surface area contributed by atoms with Crippen molar-refractivity contribution in [3.63, 3.8) is 0 Å². The fourth-order valence-corrected chi connectivity index (χ4v) is 3.39. The molecule has 3 rings (SSSR count). The van der Waals surface area contributed by atoms with Gasteiger partial charge in [0.15, 0.2) is 5.13 Å². The Morgan fingerprint density at radius 1 is 1.38 bits per heavy atom. The van der Waals surface area contributed by atoms with Gasteiger partial charge in [-0.2, -0.15) is 0 Å². The number of piperidine rings is 1. The number of hydrogen-bond acceptors (Lipinski definition) is 4. The van der Waals surface area contributed by atoms with Gasteiger partial charge in [-0.1, -0.05) is 0 Å². The Bertz CT molecular complexity index is 367. The van der Waals surface area contributed by atoms with Gasteiger partial charge in [-0.25, -0.2) is 4.98 Å². The molecule has 1 aromatic heterocycles. The van der Waals surface area contributed by atoms with Crippen LogP contribution in [0.1, 0.15) is 29.8 Å². The summed E-state index contributed by atoms with van der Waals surface area (Å²) in [6, 6.07) is 0. The summed E-state index contributed by atoms with van der Waals surface area (Å²) in [6.45, 7) is 5.44. The van der Waals surface area contributed by atoms with Crippen molar-refractivity contribution in [3.05, 3.63) is 10.6 Å². The van der Waals surface area contributed by atoms with Crippen LogP contribution in [-0.4, -0.2) is 30.8 Å². The lowest BCUT2D eigenvalue weighted by Gasteiger charge is -2.25. The highest BCUT2D eigenvalue weighted by molar-refractivity contribution is 7.15. The molecule has 0 N–H and O–H groups in total. The van der Waals surface area contributed by atoms with Crippen molar-refractivity contribution in [3.8, 4) is 0 Å². The van der Waals surface area contributed by atoms with Crippen LogP contribution in [-0.2, 0) is 11.2 Å². The lowest BCUT2D eigenvalue weighted by atomic mass is 10.1. The van der Waals surface area contributed by atoms with Crippen LogP contribution in [0.3, 0.4) is 0 Å². The molecule has 2 saturated heterocycles. The topological polar surface area (TPSA) is 28.7 Å². The molecule has 0 amide bonds. The van der Waals surface area contributed by atoms with Crippen LogP contribution in [0.5, 0.6) is 0 Å². The number of ether oxygens (including phenoxy) is 1. The number of thiazole rings is 1. The van der Waals surface area contributed by atoms with Gasteiger partial charge in [0.1, 0.15) is 0 Å². The molecule has 16 heavy (non-hydrogen) atoms. The molecule has 1 aromatic rings. The van der Waals surface area contributed by atoms with E-state index in [0.29, 0.717) is 6.10 Å². The molecule has 3 heterocycles. The summed E-state index contributed by atoms with van der Waals surface area (Å²) in [5.74, 6) is 0. The van der Waals surface area contributed by atoms with E-state index >= 15 is 0 Å². The van der Waals surface area contributed by atoms with E-state index in [0.717, 1.165) is 13.0 Å². The number of aryl methyl sites for hydroxylation is 1. The molecule has 2 fully saturated rings. The van der Waals surface area contributed by atoms with Gasteiger partial charge in [-0.05, 0) is 26.2 Å². The standard InChI is InChI=1S/C12H18N2OS/c1-9-11(7-10-8-15-10)16-12(13-9)14-5-3-2-4-6-14/h10H,2-8H2,1H3. The molecule has 3 nitrogen and oxygen atoms in total. The highest BCUT2D eigenvalue weighted by Crippen LogP contribution is 2.30. The Balaban J connectivity index is 1.73. The summed E-state index contributed by atoms with van der Waals surface area (Å²) in [5.41, 5.74) is 1.21. The van der Waals surface area contributed by atoms with E-state index < -0.39 is 0 Å². The fourth-order valence-electron chi connectivity index (χ4n) is 2.22. The number of anilines is 1. The maximum Gasteiger partial charge on any atom is 0.185 e. The third-order valence-corrected chi connectivity index (χ3v) is 4.56. The second-order valence-electron chi connectivity index (χ2n) is 4.71. The first-order valence-corrected chi connectivity index (χ1v) is 6.97. The first-order chi connectivity index (χ1) is 7.83. The van der Waals surface area contributed by atoms with Crippen LogP contribution >= 0.6 is 11.3 Å². The zero-order chi connectivity index (χ0) is 11.0. The van der Waals surface area contributed by atoms with Crippen molar-refractivity contribution < 1.29 is 4.74 Å². The summed E-state index contributed by atoms with van der Waals surface area (Å²) in [4.78, 5) is 8.57. The molecule has 88 valence electrons. The predicted octanol–water partition coefficient (Wildman–Crippen LogP) is 2.38. The van der Waals surface area contributed by atoms with E-state index in [4.69, 9.17) is 9.72 Å². The van der Waals surface area contributed by atoms with Gasteiger partial charge in [0.05, 0.1) is 18.4 Å². The molecule has 0 bridgehead atoms. The minimum atomic E-state index is 0.480. The maximum absolute atomic E-state index is 5.29. The van der Waals surface area contributed by atoms with Gasteiger partial charge < -0.3 is 9.64 Å². The van der Waals surface area contributed by atoms with Crippen LogP contribution in [0, 0.1) is 6.92 Å². The lowest BCUT2D eigenvalue weighted by molar-refractivity contribution is 0.408. The smallest absolute Gasteiger partial charge is 0.185 e. The summed E-state index contributed by atoms with van der Waals surface area (Å²) < 4.78 is 5.29. The van der Waals surface area contributed by atoms with Crippen molar-refractivity contribution in [2.45, 2.75) is 38.7 Å². The Labute approximate surface area is 100 Å². The number of aromatic nitrogens is 1. The van der Waals surface area contributed by atoms with Crippen molar-refractivity contribution >= 4 is 16.5 Å². The number of nitrogens with zero attached hydrogens (tertiary/aromatic N) is 2. The molecule has 2 aliphatic rings. The van der Waals surface area contributed by atoms with E-state index in [1.165, 1.54) is 48.1 Å². The van der Waals surface area contributed by atoms with Gasteiger partial charge in [0.2, 0.25) is 0 Å². The van der Waals surface area contributed by atoms with E-state index in [1.54, 1.807) is 0 Å². The average Bonchev–Trinajstić information content (AvgIpc) is 3.05. The molecular formula is C12H18N2OS. The second-order valence-corrected chi connectivity index (χ2v) is 5.77. The molecule has 1 atom stereocenters. The highest BCUT2D eigenvalue weighted by Gasteiger charge is 2.25. The summed E-state index contributed by atoms with van der Waals surface area (Å²) in [6.07, 6.45) is 5.56. The molecule has 0 spiro atoms. The highest BCUT2D eigenvalue weighted by atomic mass is 32.1. The fraction of sp³-hybridized carbons (Fsp3) is 0.750. The van der Waals surface area contributed by atoms with Crippen molar-refractivity contribution in [1.82, 2.24) is 4.98 Å². The van der Waals surface area contributed by atoms with E-state index in [1.807, 2.05) is 11.3 Å². The minimum Gasteiger partial charge on any atom is -0.373 e. The largest absolute Gasteiger partial charge is 0.373 e. The van der Waals surface area contributed by atoms with Crippen molar-refractivity contribution in [2.75, 3.05) is 24.6 Å². The van der Waals surface area contributed by atoms with Gasteiger partial charge in [0, 0.05) is 24.4 Å². The maximum atomic E-state index is 5.29. The van der Waals surface area contributed by atoms with Crippen LogP contribution in [0.4, 0.5) is 5.13 Å². The van der Waals surface area contributed by atoms with Crippen LogP contribution in [0.2, 0.25) is 0 Å². The Morgan fingerprint density at radius 2 is 2.12 bits per heavy atom. The number of epoxide rings is 1. The van der Waals surface area contributed by atoms with Gasteiger partial charge in [0.25, 0.3) is 0 Å². The molecule has 0 aliphatic carbocycles. The van der Waals surface area contributed by atoms with E-state index in [-0.39, 0.29) is 0 Å². The molecule has 4 heteroatoms. The first kappa shape index (κ1) is 10.5. The monoisotopic (exact) mass is 238 g/mol. The molecule has 0 radical (unpaired) electrons. The number of rotatable bonds is 3. The van der Waals surface area contributed by atoms with Crippen molar-refractivity contribution in [1.29, 1.82) is 0 Å². The van der Waals surface area contributed by atoms with Gasteiger partial charge in [-0.15, -0.1) is 11.3 Å². The quantitative estimate of drug-likeness (QED) is 0.757. The lowest BCUT2D eigenvalue weighted by Crippen LogP contribution is -2.29.